The molecule has 26 heavy (non-hydrogen) atoms. The van der Waals surface area contributed by atoms with Crippen LogP contribution in [-0.2, 0) is 23.0 Å². The molecule has 0 bridgehead atoms. The van der Waals surface area contributed by atoms with Gasteiger partial charge in [-0.2, -0.15) is 4.31 Å². The van der Waals surface area contributed by atoms with Crippen molar-refractivity contribution in [1.29, 1.82) is 0 Å². The number of likely N-dealkylation sites (N-methyl/N-ethyl adjacent to an activating group) is 1. The first-order valence-corrected chi connectivity index (χ1v) is 10.4. The number of nitrogens with zero attached hydrogens (tertiary/aromatic N) is 2. The van der Waals surface area contributed by atoms with Crippen LogP contribution in [0.1, 0.15) is 29.7 Å². The molecule has 0 N–H and O–H groups in total. The van der Waals surface area contributed by atoms with Gasteiger partial charge in [0.05, 0.1) is 0 Å². The Morgan fingerprint density at radius 2 is 1.88 bits per heavy atom. The van der Waals surface area contributed by atoms with Gasteiger partial charge >= 0.3 is 0 Å². The highest BCUT2D eigenvalue weighted by molar-refractivity contribution is 7.92. The fraction of sp³-hybridized carbons (Fsp3) is 0.444. The molecule has 0 amide bonds. The number of hydrogen-bond donors (Lipinski definition) is 0. The van der Waals surface area contributed by atoms with Gasteiger partial charge < -0.3 is 9.32 Å². The van der Waals surface area contributed by atoms with Crippen molar-refractivity contribution in [3.05, 3.63) is 39.5 Å². The van der Waals surface area contributed by atoms with E-state index in [1.165, 1.54) is 9.71 Å². The summed E-state index contributed by atoms with van der Waals surface area (Å²) in [6, 6.07) is 3.72. The van der Waals surface area contributed by atoms with Crippen LogP contribution in [-0.4, -0.2) is 44.3 Å². The predicted molar refractivity (Wildman–Crippen MR) is 107 cm³/mol. The summed E-state index contributed by atoms with van der Waals surface area (Å²) in [5, 5.41) is 3.05. The van der Waals surface area contributed by atoms with Gasteiger partial charge in [0, 0.05) is 47.6 Å². The van der Waals surface area contributed by atoms with E-state index in [1.54, 1.807) is 6.08 Å². The van der Waals surface area contributed by atoms with Crippen molar-refractivity contribution < 1.29 is 12.8 Å². The third-order valence-electron chi connectivity index (χ3n) is 5.02. The predicted octanol–water partition coefficient (Wildman–Crippen LogP) is 3.89. The number of hydrogen-bond acceptors (Lipinski definition) is 4. The van der Waals surface area contributed by atoms with Gasteiger partial charge in [0.15, 0.2) is 0 Å². The summed E-state index contributed by atoms with van der Waals surface area (Å²) in [6.07, 6.45) is 4.31. The lowest BCUT2D eigenvalue weighted by Crippen LogP contribution is -2.25. The molecule has 0 spiro atoms. The molecule has 2 aliphatic heterocycles. The molecule has 0 saturated carbocycles. The fourth-order valence-electron chi connectivity index (χ4n) is 3.68. The van der Waals surface area contributed by atoms with Gasteiger partial charge in [-0.25, -0.2) is 8.42 Å². The molecule has 3 heterocycles. The maximum absolute atomic E-state index is 12.5. The lowest BCUT2D eigenvalue weighted by atomic mass is 10.0. The van der Waals surface area contributed by atoms with Crippen LogP contribution in [0.3, 0.4) is 0 Å². The molecule has 4 rings (SSSR count). The molecule has 8 heteroatoms. The van der Waals surface area contributed by atoms with Gasteiger partial charge in [0.2, 0.25) is 10.0 Å². The summed E-state index contributed by atoms with van der Waals surface area (Å²) in [7, 11) is -1.34. The van der Waals surface area contributed by atoms with Crippen molar-refractivity contribution >= 4 is 51.1 Å². The summed E-state index contributed by atoms with van der Waals surface area (Å²) in [5.74, 6) is 0.607. The van der Waals surface area contributed by atoms with E-state index in [1.807, 2.05) is 19.2 Å². The van der Waals surface area contributed by atoms with E-state index < -0.39 is 10.0 Å². The van der Waals surface area contributed by atoms with Crippen LogP contribution >= 0.6 is 24.0 Å². The molecule has 2 aromatic rings. The lowest BCUT2D eigenvalue weighted by Gasteiger charge is -2.13. The van der Waals surface area contributed by atoms with E-state index >= 15 is 0 Å². The number of halogens is 2. The molecule has 1 saturated heterocycles. The van der Waals surface area contributed by atoms with E-state index in [0.717, 1.165) is 52.9 Å². The average molecular weight is 417 g/mol. The molecule has 0 unspecified atom stereocenters. The quantitative estimate of drug-likeness (QED) is 0.761. The summed E-state index contributed by atoms with van der Waals surface area (Å²) >= 11 is 6.39. The molecule has 0 atom stereocenters. The van der Waals surface area contributed by atoms with Gasteiger partial charge in [-0.05, 0) is 50.1 Å². The monoisotopic (exact) mass is 416 g/mol. The fourth-order valence-corrected chi connectivity index (χ4v) is 5.17. The van der Waals surface area contributed by atoms with Gasteiger partial charge in [0.1, 0.15) is 11.3 Å². The number of furan rings is 1. The Morgan fingerprint density at radius 1 is 1.15 bits per heavy atom. The minimum atomic E-state index is -3.39. The molecule has 5 nitrogen and oxygen atoms in total. The van der Waals surface area contributed by atoms with E-state index in [0.29, 0.717) is 25.4 Å². The highest BCUT2D eigenvalue weighted by Gasteiger charge is 2.25. The van der Waals surface area contributed by atoms with Crippen molar-refractivity contribution in [1.82, 2.24) is 9.21 Å². The van der Waals surface area contributed by atoms with Gasteiger partial charge in [0.25, 0.3) is 0 Å². The Labute approximate surface area is 165 Å². The first kappa shape index (κ1) is 19.7. The van der Waals surface area contributed by atoms with Crippen LogP contribution in [0.25, 0.3) is 17.0 Å². The van der Waals surface area contributed by atoms with Crippen LogP contribution < -0.4 is 0 Å². The minimum Gasteiger partial charge on any atom is -0.456 e. The van der Waals surface area contributed by atoms with E-state index in [2.05, 4.69) is 4.90 Å². The Balaban J connectivity index is 0.00000196. The first-order valence-electron chi connectivity index (χ1n) is 8.55. The second kappa shape index (κ2) is 7.52. The zero-order chi connectivity index (χ0) is 17.6. The topological polar surface area (TPSA) is 53.8 Å². The second-order valence-electron chi connectivity index (χ2n) is 6.79. The first-order chi connectivity index (χ1) is 12.0. The molecular weight excluding hydrogens is 395 g/mol. The van der Waals surface area contributed by atoms with Crippen molar-refractivity contribution in [2.24, 2.45) is 0 Å². The third-order valence-corrected chi connectivity index (χ3v) is 6.94. The highest BCUT2D eigenvalue weighted by atomic mass is 35.5. The Morgan fingerprint density at radius 3 is 2.62 bits per heavy atom. The second-order valence-corrected chi connectivity index (χ2v) is 9.01. The van der Waals surface area contributed by atoms with Gasteiger partial charge in [-0.1, -0.05) is 11.6 Å². The largest absolute Gasteiger partial charge is 0.456 e. The van der Waals surface area contributed by atoms with Gasteiger partial charge in [-0.3, -0.25) is 0 Å². The van der Waals surface area contributed by atoms with Crippen molar-refractivity contribution in [3.8, 4) is 0 Å². The molecule has 142 valence electrons. The Bertz CT molecular complexity index is 947. The zero-order valence-corrected chi connectivity index (χ0v) is 17.0. The van der Waals surface area contributed by atoms with Crippen molar-refractivity contribution in [2.45, 2.75) is 25.8 Å². The molecule has 0 aliphatic carbocycles. The van der Waals surface area contributed by atoms with Crippen molar-refractivity contribution in [3.63, 3.8) is 0 Å². The van der Waals surface area contributed by atoms with E-state index in [9.17, 15) is 8.42 Å². The lowest BCUT2D eigenvalue weighted by molar-refractivity contribution is 0.334. The molecule has 1 aromatic heterocycles. The van der Waals surface area contributed by atoms with E-state index in [4.69, 9.17) is 16.0 Å². The molecule has 2 aliphatic rings. The smallest absolute Gasteiger partial charge is 0.236 e. The summed E-state index contributed by atoms with van der Waals surface area (Å²) in [5.41, 5.74) is 2.87. The van der Waals surface area contributed by atoms with Crippen molar-refractivity contribution in [2.75, 3.05) is 26.7 Å². The van der Waals surface area contributed by atoms with Crippen LogP contribution in [0.4, 0.5) is 0 Å². The maximum Gasteiger partial charge on any atom is 0.236 e. The summed E-state index contributed by atoms with van der Waals surface area (Å²) in [4.78, 5) is 2.20. The number of benzene rings is 1. The third kappa shape index (κ3) is 3.53. The van der Waals surface area contributed by atoms with Gasteiger partial charge in [-0.15, -0.1) is 12.4 Å². The molecule has 0 radical (unpaired) electrons. The van der Waals surface area contributed by atoms with Crippen LogP contribution in [0, 0.1) is 0 Å². The maximum atomic E-state index is 12.5. The molecule has 1 fully saturated rings. The summed E-state index contributed by atoms with van der Waals surface area (Å²) < 4.78 is 32.4. The minimum absolute atomic E-state index is 0. The number of sulfonamides is 1. The standard InChI is InChI=1S/C18H21ClN2O3S.ClH/c1-20-10-6-13-15(19)4-5-17-18(13)14(12-20)16(24-17)7-11-25(22,23)21-8-2-3-9-21;/h4-5,7,11H,2-3,6,8-10,12H2,1H3;1H/b11-7+;. The summed E-state index contributed by atoms with van der Waals surface area (Å²) in [6.45, 7) is 2.82. The average Bonchev–Trinajstić information content (AvgIpc) is 3.18. The Hall–Kier alpha value is -1.05. The molecular formula is C18H22Cl2N2O3S. The van der Waals surface area contributed by atoms with Crippen LogP contribution in [0.5, 0.6) is 0 Å². The highest BCUT2D eigenvalue weighted by Crippen LogP contribution is 2.36. The normalized spacial score (nSPS) is 19.2. The zero-order valence-electron chi connectivity index (χ0n) is 14.6. The van der Waals surface area contributed by atoms with E-state index in [-0.39, 0.29) is 12.4 Å². The van der Waals surface area contributed by atoms with Crippen LogP contribution in [0.2, 0.25) is 5.02 Å². The SMILES string of the molecule is CN1CCc2c(Cl)ccc3oc(/C=C/S(=O)(=O)N4CCCC4)c(c23)C1.Cl. The Kier molecular flexibility index (Phi) is 5.70. The number of rotatable bonds is 3. The molecule has 1 aromatic carbocycles. The van der Waals surface area contributed by atoms with Crippen LogP contribution in [0.15, 0.2) is 22.0 Å².